The summed E-state index contributed by atoms with van der Waals surface area (Å²) < 4.78 is 5.76. The van der Waals surface area contributed by atoms with Crippen molar-refractivity contribution in [2.24, 2.45) is 10.9 Å². The van der Waals surface area contributed by atoms with Gasteiger partial charge in [-0.15, -0.1) is 11.8 Å². The van der Waals surface area contributed by atoms with Gasteiger partial charge in [0.2, 0.25) is 5.88 Å². The van der Waals surface area contributed by atoms with E-state index < -0.39 is 0 Å². The van der Waals surface area contributed by atoms with E-state index in [9.17, 15) is 4.79 Å². The number of nitrogens with one attached hydrogen (secondary N) is 1. The Hall–Kier alpha value is -3.52. The molecule has 8 heteroatoms. The third-order valence-electron chi connectivity index (χ3n) is 4.08. The second-order valence-corrected chi connectivity index (χ2v) is 7.70. The molecule has 1 amide bonds. The highest BCUT2D eigenvalue weighted by Crippen LogP contribution is 2.22. The number of nitrogens with zero attached hydrogens (tertiary/aromatic N) is 2. The van der Waals surface area contributed by atoms with E-state index in [4.69, 9.17) is 15.3 Å². The SMILES string of the molecule is Cc1ccc(SCCNC(=O)CO/N=C(/N)c2cccnc2Oc2ccccc2)cc1. The highest BCUT2D eigenvalue weighted by molar-refractivity contribution is 7.99. The molecule has 0 saturated carbocycles. The van der Waals surface area contributed by atoms with Gasteiger partial charge in [-0.05, 0) is 43.3 Å². The second-order valence-electron chi connectivity index (χ2n) is 6.53. The van der Waals surface area contributed by atoms with E-state index in [-0.39, 0.29) is 18.3 Å². The Labute approximate surface area is 185 Å². The number of pyridine rings is 1. The van der Waals surface area contributed by atoms with Crippen molar-refractivity contribution >= 4 is 23.5 Å². The van der Waals surface area contributed by atoms with Gasteiger partial charge in [0, 0.05) is 23.4 Å². The molecule has 3 aromatic rings. The van der Waals surface area contributed by atoms with E-state index in [0.29, 0.717) is 23.7 Å². The van der Waals surface area contributed by atoms with Crippen LogP contribution in [0.5, 0.6) is 11.6 Å². The molecular weight excluding hydrogens is 412 g/mol. The largest absolute Gasteiger partial charge is 0.438 e. The lowest BCUT2D eigenvalue weighted by molar-refractivity contribution is -0.125. The van der Waals surface area contributed by atoms with Gasteiger partial charge in [-0.25, -0.2) is 4.98 Å². The van der Waals surface area contributed by atoms with Crippen molar-refractivity contribution in [3.05, 3.63) is 84.1 Å². The number of para-hydroxylation sites is 1. The maximum absolute atomic E-state index is 11.9. The number of carbonyl (C=O) groups is 1. The zero-order chi connectivity index (χ0) is 21.9. The van der Waals surface area contributed by atoms with Crippen LogP contribution in [0.15, 0.2) is 83.0 Å². The number of hydrogen-bond acceptors (Lipinski definition) is 6. The van der Waals surface area contributed by atoms with Gasteiger partial charge in [0.25, 0.3) is 5.91 Å². The van der Waals surface area contributed by atoms with Crippen LogP contribution >= 0.6 is 11.8 Å². The van der Waals surface area contributed by atoms with Crippen LogP contribution in [-0.2, 0) is 9.63 Å². The van der Waals surface area contributed by atoms with Crippen LogP contribution in [0, 0.1) is 6.92 Å². The van der Waals surface area contributed by atoms with Crippen LogP contribution in [0.3, 0.4) is 0 Å². The normalized spacial score (nSPS) is 11.1. The van der Waals surface area contributed by atoms with Gasteiger partial charge in [-0.1, -0.05) is 41.1 Å². The molecule has 31 heavy (non-hydrogen) atoms. The number of aryl methyl sites for hydroxylation is 1. The van der Waals surface area contributed by atoms with E-state index in [1.165, 1.54) is 10.5 Å². The van der Waals surface area contributed by atoms with Crippen LogP contribution in [0.4, 0.5) is 0 Å². The number of amidine groups is 1. The summed E-state index contributed by atoms with van der Waals surface area (Å²) in [6.07, 6.45) is 1.60. The number of rotatable bonds is 10. The molecule has 0 fully saturated rings. The van der Waals surface area contributed by atoms with Crippen molar-refractivity contribution in [3.63, 3.8) is 0 Å². The maximum atomic E-state index is 11.9. The Balaban J connectivity index is 1.44. The van der Waals surface area contributed by atoms with Crippen LogP contribution in [0.2, 0.25) is 0 Å². The van der Waals surface area contributed by atoms with Crippen molar-refractivity contribution < 1.29 is 14.4 Å². The van der Waals surface area contributed by atoms with E-state index in [1.54, 1.807) is 30.1 Å². The summed E-state index contributed by atoms with van der Waals surface area (Å²) in [6, 6.07) is 20.9. The Bertz CT molecular complexity index is 1010. The summed E-state index contributed by atoms with van der Waals surface area (Å²) in [5.74, 6) is 1.49. The number of carbonyl (C=O) groups excluding carboxylic acids is 1. The minimum absolute atomic E-state index is 0.0711. The Kier molecular flexibility index (Phi) is 8.30. The van der Waals surface area contributed by atoms with Crippen LogP contribution in [-0.4, -0.2) is 35.6 Å². The molecular formula is C23H24N4O3S. The lowest BCUT2D eigenvalue weighted by atomic mass is 10.2. The predicted octanol–water partition coefficient (Wildman–Crippen LogP) is 3.73. The van der Waals surface area contributed by atoms with Crippen molar-refractivity contribution in [2.75, 3.05) is 18.9 Å². The maximum Gasteiger partial charge on any atom is 0.260 e. The molecule has 3 rings (SSSR count). The summed E-state index contributed by atoms with van der Waals surface area (Å²) in [5.41, 5.74) is 7.70. The van der Waals surface area contributed by atoms with E-state index in [1.807, 2.05) is 30.3 Å². The number of benzene rings is 2. The van der Waals surface area contributed by atoms with E-state index in [0.717, 1.165) is 5.75 Å². The number of aromatic nitrogens is 1. The standard InChI is InChI=1S/C23H24N4O3S/c1-17-9-11-19(12-10-17)31-15-14-25-21(28)16-29-27-22(24)20-8-5-13-26-23(20)30-18-6-3-2-4-7-18/h2-13H,14-16H2,1H3,(H2,24,27)(H,25,28). The van der Waals surface area contributed by atoms with Gasteiger partial charge in [-0.2, -0.15) is 0 Å². The molecule has 160 valence electrons. The fourth-order valence-electron chi connectivity index (χ4n) is 2.52. The number of hydrogen-bond donors (Lipinski definition) is 2. The number of amides is 1. The Morgan fingerprint density at radius 1 is 1.10 bits per heavy atom. The van der Waals surface area contributed by atoms with Gasteiger partial charge in [0.05, 0.1) is 5.56 Å². The quantitative estimate of drug-likeness (QED) is 0.165. The minimum atomic E-state index is -0.270. The molecule has 0 aliphatic heterocycles. The fraction of sp³-hybridized carbons (Fsp3) is 0.174. The second kappa shape index (κ2) is 11.6. The van der Waals surface area contributed by atoms with Gasteiger partial charge in [0.15, 0.2) is 12.4 Å². The molecule has 0 atom stereocenters. The molecule has 3 N–H and O–H groups in total. The fourth-order valence-corrected chi connectivity index (χ4v) is 3.29. The van der Waals surface area contributed by atoms with Crippen molar-refractivity contribution in [1.29, 1.82) is 0 Å². The molecule has 0 aliphatic carbocycles. The summed E-state index contributed by atoms with van der Waals surface area (Å²) in [4.78, 5) is 22.4. The molecule has 0 bridgehead atoms. The third-order valence-corrected chi connectivity index (χ3v) is 5.09. The number of ether oxygens (including phenoxy) is 1. The molecule has 0 aliphatic rings. The summed E-state index contributed by atoms with van der Waals surface area (Å²) in [6.45, 7) is 2.35. The van der Waals surface area contributed by atoms with E-state index >= 15 is 0 Å². The lowest BCUT2D eigenvalue weighted by Gasteiger charge is -2.09. The monoisotopic (exact) mass is 436 g/mol. The van der Waals surface area contributed by atoms with E-state index in [2.05, 4.69) is 46.6 Å². The van der Waals surface area contributed by atoms with Crippen LogP contribution in [0.1, 0.15) is 11.1 Å². The number of oxime groups is 1. The van der Waals surface area contributed by atoms with Crippen molar-refractivity contribution in [1.82, 2.24) is 10.3 Å². The molecule has 2 aromatic carbocycles. The number of thioether (sulfide) groups is 1. The average Bonchev–Trinajstić information content (AvgIpc) is 2.79. The molecule has 0 spiro atoms. The summed E-state index contributed by atoms with van der Waals surface area (Å²) >= 11 is 1.68. The van der Waals surface area contributed by atoms with Crippen molar-refractivity contribution in [3.8, 4) is 11.6 Å². The smallest absolute Gasteiger partial charge is 0.260 e. The van der Waals surface area contributed by atoms with Crippen molar-refractivity contribution in [2.45, 2.75) is 11.8 Å². The first kappa shape index (κ1) is 22.2. The van der Waals surface area contributed by atoms with Gasteiger partial charge >= 0.3 is 0 Å². The zero-order valence-corrected chi connectivity index (χ0v) is 18.0. The first-order valence-corrected chi connectivity index (χ1v) is 10.7. The Morgan fingerprint density at radius 3 is 2.65 bits per heavy atom. The predicted molar refractivity (Wildman–Crippen MR) is 122 cm³/mol. The van der Waals surface area contributed by atoms with Crippen LogP contribution < -0.4 is 15.8 Å². The highest BCUT2D eigenvalue weighted by Gasteiger charge is 2.11. The first-order chi connectivity index (χ1) is 15.1. The van der Waals surface area contributed by atoms with Gasteiger partial charge in [-0.3, -0.25) is 4.79 Å². The lowest BCUT2D eigenvalue weighted by Crippen LogP contribution is -2.29. The average molecular weight is 437 g/mol. The Morgan fingerprint density at radius 2 is 1.87 bits per heavy atom. The summed E-state index contributed by atoms with van der Waals surface area (Å²) in [5, 5.41) is 6.62. The first-order valence-electron chi connectivity index (χ1n) is 9.72. The van der Waals surface area contributed by atoms with Gasteiger partial charge in [0.1, 0.15) is 5.75 Å². The van der Waals surface area contributed by atoms with Gasteiger partial charge < -0.3 is 20.6 Å². The zero-order valence-electron chi connectivity index (χ0n) is 17.2. The molecule has 7 nitrogen and oxygen atoms in total. The molecule has 1 aromatic heterocycles. The summed E-state index contributed by atoms with van der Waals surface area (Å²) in [7, 11) is 0. The third kappa shape index (κ3) is 7.35. The molecule has 0 saturated heterocycles. The highest BCUT2D eigenvalue weighted by atomic mass is 32.2. The molecule has 0 radical (unpaired) electrons. The minimum Gasteiger partial charge on any atom is -0.438 e. The number of nitrogens with two attached hydrogens (primary N) is 1. The topological polar surface area (TPSA) is 98.8 Å². The molecule has 1 heterocycles. The molecule has 0 unspecified atom stereocenters. The van der Waals surface area contributed by atoms with Crippen LogP contribution in [0.25, 0.3) is 0 Å².